The number of nitrogens with zero attached hydrogens (tertiary/aromatic N) is 2. The zero-order chi connectivity index (χ0) is 20.2. The van der Waals surface area contributed by atoms with E-state index in [2.05, 4.69) is 15.3 Å². The lowest BCUT2D eigenvalue weighted by molar-refractivity contribution is -0.384. The van der Waals surface area contributed by atoms with Gasteiger partial charge < -0.3 is 10.3 Å². The lowest BCUT2D eigenvalue weighted by Gasteiger charge is -2.08. The lowest BCUT2D eigenvalue weighted by Crippen LogP contribution is -2.22. The molecule has 0 atom stereocenters. The van der Waals surface area contributed by atoms with Crippen LogP contribution in [0.5, 0.6) is 0 Å². The van der Waals surface area contributed by atoms with Gasteiger partial charge >= 0.3 is 0 Å². The molecule has 0 radical (unpaired) electrons. The van der Waals surface area contributed by atoms with Crippen molar-refractivity contribution in [1.29, 1.82) is 0 Å². The van der Waals surface area contributed by atoms with Gasteiger partial charge in [0.15, 0.2) is 5.82 Å². The highest BCUT2D eigenvalue weighted by molar-refractivity contribution is 6.01. The molecule has 0 bridgehead atoms. The predicted molar refractivity (Wildman–Crippen MR) is 111 cm³/mol. The third kappa shape index (κ3) is 4.03. The molecule has 7 heteroatoms. The highest BCUT2D eigenvalue weighted by Gasteiger charge is 2.14. The van der Waals surface area contributed by atoms with Crippen molar-refractivity contribution in [2.75, 3.05) is 0 Å². The third-order valence-corrected chi connectivity index (χ3v) is 4.32. The van der Waals surface area contributed by atoms with Gasteiger partial charge in [0.05, 0.1) is 21.7 Å². The number of hydrogen-bond acceptors (Lipinski definition) is 4. The van der Waals surface area contributed by atoms with E-state index in [1.54, 1.807) is 42.5 Å². The Hall–Kier alpha value is -4.26. The summed E-state index contributed by atoms with van der Waals surface area (Å²) >= 11 is 0. The Balaban J connectivity index is 1.77. The first-order valence-corrected chi connectivity index (χ1v) is 8.88. The average molecular weight is 384 g/mol. The molecule has 1 aromatic heterocycles. The number of nitro benzene ring substituents is 1. The lowest BCUT2D eigenvalue weighted by atomic mass is 10.1. The first-order valence-electron chi connectivity index (χ1n) is 8.88. The average Bonchev–Trinajstić information content (AvgIpc) is 3.18. The summed E-state index contributed by atoms with van der Waals surface area (Å²) in [4.78, 5) is 31.1. The van der Waals surface area contributed by atoms with Crippen LogP contribution in [0.2, 0.25) is 0 Å². The summed E-state index contributed by atoms with van der Waals surface area (Å²) < 4.78 is 0. The van der Waals surface area contributed by atoms with Crippen LogP contribution in [0.3, 0.4) is 0 Å². The Kier molecular flexibility index (Phi) is 4.86. The number of imidazole rings is 1. The Bertz CT molecular complexity index is 1200. The quantitative estimate of drug-likeness (QED) is 0.393. The molecule has 0 saturated carbocycles. The maximum Gasteiger partial charge on any atom is 0.270 e. The molecule has 4 rings (SSSR count). The molecule has 4 aromatic rings. The number of fused-ring (bicyclic) bond motifs is 1. The second-order valence-electron chi connectivity index (χ2n) is 6.33. The summed E-state index contributed by atoms with van der Waals surface area (Å²) in [5.74, 6) is 0.157. The number of aromatic amines is 1. The first-order chi connectivity index (χ1) is 14.1. The van der Waals surface area contributed by atoms with Gasteiger partial charge in [-0.3, -0.25) is 14.9 Å². The molecule has 0 unspecified atom stereocenters. The number of non-ortho nitro benzene ring substituents is 1. The van der Waals surface area contributed by atoms with Crippen LogP contribution in [-0.4, -0.2) is 20.8 Å². The van der Waals surface area contributed by atoms with Crippen LogP contribution < -0.4 is 5.32 Å². The zero-order valence-corrected chi connectivity index (χ0v) is 15.2. The molecule has 0 aliphatic rings. The number of benzene rings is 3. The van der Waals surface area contributed by atoms with E-state index in [4.69, 9.17) is 0 Å². The number of aromatic nitrogens is 2. The van der Waals surface area contributed by atoms with E-state index in [0.29, 0.717) is 22.6 Å². The van der Waals surface area contributed by atoms with E-state index < -0.39 is 4.92 Å². The minimum Gasteiger partial charge on any atom is -0.337 e. The van der Waals surface area contributed by atoms with Gasteiger partial charge in [-0.05, 0) is 35.9 Å². The van der Waals surface area contributed by atoms with E-state index in [-0.39, 0.29) is 11.6 Å². The van der Waals surface area contributed by atoms with Crippen LogP contribution in [0.15, 0.2) is 78.9 Å². The van der Waals surface area contributed by atoms with E-state index in [1.165, 1.54) is 12.1 Å². The van der Waals surface area contributed by atoms with Crippen molar-refractivity contribution in [3.05, 3.63) is 106 Å². The van der Waals surface area contributed by atoms with Crippen molar-refractivity contribution < 1.29 is 9.72 Å². The Labute approximate surface area is 165 Å². The molecular weight excluding hydrogens is 368 g/mol. The van der Waals surface area contributed by atoms with Gasteiger partial charge in [0.25, 0.3) is 11.6 Å². The molecule has 0 aliphatic carbocycles. The molecule has 0 spiro atoms. The summed E-state index contributed by atoms with van der Waals surface area (Å²) in [5.41, 5.74) is 3.02. The normalized spacial score (nSPS) is 11.4. The van der Waals surface area contributed by atoms with Crippen molar-refractivity contribution in [3.63, 3.8) is 0 Å². The van der Waals surface area contributed by atoms with E-state index in [9.17, 15) is 14.9 Å². The summed E-state index contributed by atoms with van der Waals surface area (Å²) in [7, 11) is 0. The van der Waals surface area contributed by atoms with Crippen molar-refractivity contribution in [3.8, 4) is 0 Å². The standard InChI is InChI=1S/C22H16N4O3/c27-22(16-8-2-1-3-9-16)25-20(14-15-7-6-10-17(13-15)26(28)29)21-23-18-11-4-5-12-19(18)24-21/h1-14H,(H,23,24)(H,25,27)/b20-14-. The van der Waals surface area contributed by atoms with Crippen molar-refractivity contribution in [2.45, 2.75) is 0 Å². The van der Waals surface area contributed by atoms with Crippen molar-refractivity contribution in [1.82, 2.24) is 15.3 Å². The van der Waals surface area contributed by atoms with Gasteiger partial charge in [-0.1, -0.05) is 42.5 Å². The van der Waals surface area contributed by atoms with Gasteiger partial charge in [0, 0.05) is 17.7 Å². The van der Waals surface area contributed by atoms with Gasteiger partial charge in [-0.25, -0.2) is 4.98 Å². The monoisotopic (exact) mass is 384 g/mol. The summed E-state index contributed by atoms with van der Waals surface area (Å²) in [5, 5.41) is 14.0. The zero-order valence-electron chi connectivity index (χ0n) is 15.2. The Morgan fingerprint density at radius 1 is 1.00 bits per heavy atom. The highest BCUT2D eigenvalue weighted by Crippen LogP contribution is 2.21. The number of nitrogens with one attached hydrogen (secondary N) is 2. The largest absolute Gasteiger partial charge is 0.337 e. The van der Waals surface area contributed by atoms with Gasteiger partial charge in [-0.2, -0.15) is 0 Å². The highest BCUT2D eigenvalue weighted by atomic mass is 16.6. The van der Waals surface area contributed by atoms with Crippen LogP contribution in [0.25, 0.3) is 22.8 Å². The van der Waals surface area contributed by atoms with Gasteiger partial charge in [0.2, 0.25) is 0 Å². The first kappa shape index (κ1) is 18.1. The Morgan fingerprint density at radius 3 is 2.52 bits per heavy atom. The molecule has 0 saturated heterocycles. The Morgan fingerprint density at radius 2 is 1.76 bits per heavy atom. The molecule has 142 valence electrons. The fraction of sp³-hybridized carbons (Fsp3) is 0. The van der Waals surface area contributed by atoms with Crippen LogP contribution in [0.1, 0.15) is 21.7 Å². The topological polar surface area (TPSA) is 101 Å². The molecule has 2 N–H and O–H groups in total. The molecule has 1 amide bonds. The number of amides is 1. The summed E-state index contributed by atoms with van der Waals surface area (Å²) in [6, 6.07) is 22.5. The van der Waals surface area contributed by atoms with Crippen LogP contribution in [0, 0.1) is 10.1 Å². The second kappa shape index (κ2) is 7.77. The molecule has 1 heterocycles. The predicted octanol–water partition coefficient (Wildman–Crippen LogP) is 4.40. The van der Waals surface area contributed by atoms with E-state index in [0.717, 1.165) is 11.0 Å². The summed E-state index contributed by atoms with van der Waals surface area (Å²) in [6.45, 7) is 0. The molecule has 0 fully saturated rings. The number of hydrogen-bond donors (Lipinski definition) is 2. The number of para-hydroxylation sites is 2. The summed E-state index contributed by atoms with van der Waals surface area (Å²) in [6.07, 6.45) is 1.66. The van der Waals surface area contributed by atoms with Crippen LogP contribution >= 0.6 is 0 Å². The van der Waals surface area contributed by atoms with Crippen LogP contribution in [-0.2, 0) is 0 Å². The number of carbonyl (C=O) groups is 1. The minimum atomic E-state index is -0.458. The SMILES string of the molecule is O=C(N/C(=C\c1cccc([N+](=O)[O-])c1)c1nc2ccccc2[nH]1)c1ccccc1. The number of H-pyrrole nitrogens is 1. The smallest absolute Gasteiger partial charge is 0.270 e. The molecular formula is C22H16N4O3. The third-order valence-electron chi connectivity index (χ3n) is 4.32. The fourth-order valence-corrected chi connectivity index (χ4v) is 2.92. The minimum absolute atomic E-state index is 0.0305. The van der Waals surface area contributed by atoms with Gasteiger partial charge in [-0.15, -0.1) is 0 Å². The fourth-order valence-electron chi connectivity index (χ4n) is 2.92. The van der Waals surface area contributed by atoms with Crippen LogP contribution in [0.4, 0.5) is 5.69 Å². The maximum absolute atomic E-state index is 12.7. The van der Waals surface area contributed by atoms with Gasteiger partial charge in [0.1, 0.15) is 0 Å². The number of nitro groups is 1. The molecule has 7 nitrogen and oxygen atoms in total. The molecule has 29 heavy (non-hydrogen) atoms. The van der Waals surface area contributed by atoms with E-state index in [1.807, 2.05) is 30.3 Å². The number of carbonyl (C=O) groups excluding carboxylic acids is 1. The van der Waals surface area contributed by atoms with Crippen molar-refractivity contribution >= 4 is 34.4 Å². The number of rotatable bonds is 5. The molecule has 0 aliphatic heterocycles. The second-order valence-corrected chi connectivity index (χ2v) is 6.33. The van der Waals surface area contributed by atoms with Crippen molar-refractivity contribution in [2.24, 2.45) is 0 Å². The maximum atomic E-state index is 12.7. The van der Waals surface area contributed by atoms with E-state index >= 15 is 0 Å². The molecule has 3 aromatic carbocycles.